The Hall–Kier alpha value is -2.34. The molecule has 1 aliphatic carbocycles. The van der Waals surface area contributed by atoms with Crippen LogP contribution in [0.2, 0.25) is 0 Å². The molecule has 0 saturated heterocycles. The molecule has 0 spiro atoms. The first-order valence-corrected chi connectivity index (χ1v) is 7.93. The number of allylic oxidation sites excluding steroid dienone is 5. The lowest BCUT2D eigenvalue weighted by molar-refractivity contribution is 0.876. The first kappa shape index (κ1) is 14.6. The van der Waals surface area contributed by atoms with Crippen LogP contribution in [0.5, 0.6) is 0 Å². The predicted molar refractivity (Wildman–Crippen MR) is 96.4 cm³/mol. The summed E-state index contributed by atoms with van der Waals surface area (Å²) < 4.78 is 0. The molecule has 1 aliphatic rings. The lowest BCUT2D eigenvalue weighted by Crippen LogP contribution is -2.03. The molecule has 0 aromatic heterocycles. The maximum Gasteiger partial charge on any atom is 0.0205 e. The van der Waals surface area contributed by atoms with Crippen LogP contribution in [0.15, 0.2) is 78.9 Å². The Morgan fingerprint density at radius 3 is 2.09 bits per heavy atom. The van der Waals surface area contributed by atoms with E-state index in [2.05, 4.69) is 98.8 Å². The second-order valence-electron chi connectivity index (χ2n) is 6.03. The topological polar surface area (TPSA) is 0 Å². The average Bonchev–Trinajstić information content (AvgIpc) is 2.56. The number of rotatable bonds is 3. The van der Waals surface area contributed by atoms with Gasteiger partial charge in [0.1, 0.15) is 0 Å². The van der Waals surface area contributed by atoms with Gasteiger partial charge in [0.05, 0.1) is 0 Å². The number of aryl methyl sites for hydroxylation is 1. The predicted octanol–water partition coefficient (Wildman–Crippen LogP) is 5.91. The summed E-state index contributed by atoms with van der Waals surface area (Å²) in [5, 5.41) is 0. The first-order chi connectivity index (χ1) is 10.7. The van der Waals surface area contributed by atoms with Crippen LogP contribution in [0.25, 0.3) is 11.6 Å². The maximum absolute atomic E-state index is 2.32. The highest BCUT2D eigenvalue weighted by atomic mass is 14.2. The number of hydrogen-bond donors (Lipinski definition) is 0. The fourth-order valence-electron chi connectivity index (χ4n) is 2.77. The van der Waals surface area contributed by atoms with E-state index >= 15 is 0 Å². The molecular weight excluding hydrogens is 264 g/mol. The lowest BCUT2D eigenvalue weighted by atomic mass is 9.86. The second kappa shape index (κ2) is 6.62. The molecule has 0 fully saturated rings. The van der Waals surface area contributed by atoms with Crippen molar-refractivity contribution >= 4 is 11.6 Å². The van der Waals surface area contributed by atoms with Crippen molar-refractivity contribution in [2.24, 2.45) is 11.8 Å². The summed E-state index contributed by atoms with van der Waals surface area (Å²) >= 11 is 0. The van der Waals surface area contributed by atoms with E-state index in [9.17, 15) is 0 Å². The minimum absolute atomic E-state index is 0.346. The first-order valence-electron chi connectivity index (χ1n) is 7.93. The van der Waals surface area contributed by atoms with Gasteiger partial charge in [-0.3, -0.25) is 0 Å². The SMILES string of the molecule is Cc1ccc(C(=Cc2ccccc2)C2C=CC(C)C=C2)cc1. The summed E-state index contributed by atoms with van der Waals surface area (Å²) in [4.78, 5) is 0. The molecule has 0 aliphatic heterocycles. The fraction of sp³-hybridized carbons (Fsp3) is 0.182. The van der Waals surface area contributed by atoms with Gasteiger partial charge < -0.3 is 0 Å². The van der Waals surface area contributed by atoms with Crippen molar-refractivity contribution in [3.05, 3.63) is 95.6 Å². The third-order valence-corrected chi connectivity index (χ3v) is 4.11. The van der Waals surface area contributed by atoms with Gasteiger partial charge in [0.25, 0.3) is 0 Å². The van der Waals surface area contributed by atoms with Gasteiger partial charge in [-0.1, -0.05) is 97.5 Å². The molecule has 0 amide bonds. The van der Waals surface area contributed by atoms with Crippen LogP contribution in [0, 0.1) is 18.8 Å². The van der Waals surface area contributed by atoms with Crippen molar-refractivity contribution in [2.45, 2.75) is 13.8 Å². The zero-order valence-corrected chi connectivity index (χ0v) is 13.2. The van der Waals surface area contributed by atoms with E-state index in [1.165, 1.54) is 22.3 Å². The summed E-state index contributed by atoms with van der Waals surface area (Å²) in [5.74, 6) is 0.881. The van der Waals surface area contributed by atoms with Crippen molar-refractivity contribution in [3.63, 3.8) is 0 Å². The third kappa shape index (κ3) is 3.46. The van der Waals surface area contributed by atoms with Crippen molar-refractivity contribution in [2.75, 3.05) is 0 Å². The number of benzene rings is 2. The highest BCUT2D eigenvalue weighted by molar-refractivity contribution is 5.84. The zero-order valence-electron chi connectivity index (χ0n) is 13.2. The van der Waals surface area contributed by atoms with Gasteiger partial charge in [-0.2, -0.15) is 0 Å². The Balaban J connectivity index is 2.02. The van der Waals surface area contributed by atoms with Crippen LogP contribution in [-0.2, 0) is 0 Å². The zero-order chi connectivity index (χ0) is 15.4. The molecule has 3 rings (SSSR count). The van der Waals surface area contributed by atoms with E-state index in [1.807, 2.05) is 0 Å². The Bertz CT molecular complexity index is 685. The smallest absolute Gasteiger partial charge is 0.0205 e. The molecule has 0 bridgehead atoms. The molecule has 2 aromatic carbocycles. The van der Waals surface area contributed by atoms with E-state index in [1.54, 1.807) is 0 Å². The molecule has 0 nitrogen and oxygen atoms in total. The van der Waals surface area contributed by atoms with Crippen LogP contribution in [-0.4, -0.2) is 0 Å². The fourth-order valence-corrected chi connectivity index (χ4v) is 2.77. The molecule has 0 radical (unpaired) electrons. The monoisotopic (exact) mass is 286 g/mol. The highest BCUT2D eigenvalue weighted by Gasteiger charge is 2.13. The van der Waals surface area contributed by atoms with Gasteiger partial charge in [-0.15, -0.1) is 0 Å². The normalized spacial score (nSPS) is 21.1. The Morgan fingerprint density at radius 2 is 1.45 bits per heavy atom. The van der Waals surface area contributed by atoms with E-state index in [0.29, 0.717) is 11.8 Å². The minimum atomic E-state index is 0.346. The quantitative estimate of drug-likeness (QED) is 0.485. The van der Waals surface area contributed by atoms with E-state index in [0.717, 1.165) is 0 Å². The molecule has 0 N–H and O–H groups in total. The highest BCUT2D eigenvalue weighted by Crippen LogP contribution is 2.31. The van der Waals surface area contributed by atoms with Crippen LogP contribution >= 0.6 is 0 Å². The molecule has 22 heavy (non-hydrogen) atoms. The molecule has 110 valence electrons. The maximum atomic E-state index is 2.32. The summed E-state index contributed by atoms with van der Waals surface area (Å²) in [6.45, 7) is 4.35. The van der Waals surface area contributed by atoms with Crippen LogP contribution in [0.3, 0.4) is 0 Å². The van der Waals surface area contributed by atoms with Crippen LogP contribution < -0.4 is 0 Å². The van der Waals surface area contributed by atoms with Gasteiger partial charge in [-0.05, 0) is 29.5 Å². The average molecular weight is 286 g/mol. The van der Waals surface area contributed by atoms with Crippen molar-refractivity contribution < 1.29 is 0 Å². The van der Waals surface area contributed by atoms with Crippen molar-refractivity contribution in [3.8, 4) is 0 Å². The van der Waals surface area contributed by atoms with E-state index in [4.69, 9.17) is 0 Å². The Morgan fingerprint density at radius 1 is 0.818 bits per heavy atom. The Labute approximate surface area is 133 Å². The number of hydrogen-bond acceptors (Lipinski definition) is 0. The van der Waals surface area contributed by atoms with Gasteiger partial charge in [-0.25, -0.2) is 0 Å². The summed E-state index contributed by atoms with van der Waals surface area (Å²) in [6, 6.07) is 19.4. The van der Waals surface area contributed by atoms with E-state index in [-0.39, 0.29) is 0 Å². The van der Waals surface area contributed by atoms with Gasteiger partial charge in [0.15, 0.2) is 0 Å². The summed E-state index contributed by atoms with van der Waals surface area (Å²) in [5.41, 5.74) is 5.19. The van der Waals surface area contributed by atoms with Gasteiger partial charge in [0.2, 0.25) is 0 Å². The molecule has 2 aromatic rings. The molecule has 0 heteroatoms. The minimum Gasteiger partial charge on any atom is -0.0810 e. The molecular formula is C22H22. The molecule has 0 unspecified atom stereocenters. The molecule has 0 atom stereocenters. The lowest BCUT2D eigenvalue weighted by Gasteiger charge is -2.19. The van der Waals surface area contributed by atoms with Gasteiger partial charge >= 0.3 is 0 Å². The van der Waals surface area contributed by atoms with E-state index < -0.39 is 0 Å². The second-order valence-corrected chi connectivity index (χ2v) is 6.03. The van der Waals surface area contributed by atoms with Crippen LogP contribution in [0.4, 0.5) is 0 Å². The van der Waals surface area contributed by atoms with Crippen LogP contribution in [0.1, 0.15) is 23.6 Å². The summed E-state index contributed by atoms with van der Waals surface area (Å²) in [7, 11) is 0. The molecule has 0 saturated carbocycles. The van der Waals surface area contributed by atoms with Gasteiger partial charge in [0, 0.05) is 5.92 Å². The van der Waals surface area contributed by atoms with Crippen molar-refractivity contribution in [1.29, 1.82) is 0 Å². The molecule has 0 heterocycles. The van der Waals surface area contributed by atoms with Crippen molar-refractivity contribution in [1.82, 2.24) is 0 Å². The standard InChI is InChI=1S/C22H22/c1-17-8-12-20(13-9-17)22(16-19-6-4-3-5-7-19)21-14-10-18(2)11-15-21/h3-17,20H,1-2H3. The largest absolute Gasteiger partial charge is 0.0810 e. The third-order valence-electron chi connectivity index (χ3n) is 4.11. The Kier molecular flexibility index (Phi) is 4.39. The summed E-state index contributed by atoms with van der Waals surface area (Å²) in [6.07, 6.45) is 11.5.